The second-order valence-corrected chi connectivity index (χ2v) is 8.99. The van der Waals surface area contributed by atoms with E-state index in [0.29, 0.717) is 32.8 Å². The molecule has 0 radical (unpaired) electrons. The second kappa shape index (κ2) is 10.3. The Morgan fingerprint density at radius 3 is 2.47 bits per heavy atom. The van der Waals surface area contributed by atoms with Crippen LogP contribution in [0, 0.1) is 19.7 Å². The summed E-state index contributed by atoms with van der Waals surface area (Å²) in [4.78, 5) is 39.2. The zero-order valence-corrected chi connectivity index (χ0v) is 21.3. The highest BCUT2D eigenvalue weighted by Crippen LogP contribution is 2.38. The normalized spacial score (nSPS) is 14.8. The van der Waals surface area contributed by atoms with Gasteiger partial charge in [0.15, 0.2) is 11.5 Å². The molecule has 0 aliphatic carbocycles. The number of urea groups is 1. The van der Waals surface area contributed by atoms with Gasteiger partial charge >= 0.3 is 6.03 Å². The molecule has 0 spiro atoms. The fourth-order valence-electron chi connectivity index (χ4n) is 3.65. The lowest BCUT2D eigenvalue weighted by Crippen LogP contribution is -2.54. The van der Waals surface area contributed by atoms with Gasteiger partial charge in [0, 0.05) is 5.56 Å². The lowest BCUT2D eigenvalue weighted by molar-refractivity contribution is -0.122. The lowest BCUT2D eigenvalue weighted by Gasteiger charge is -2.27. The molecule has 0 bridgehead atoms. The predicted molar refractivity (Wildman–Crippen MR) is 136 cm³/mol. The van der Waals surface area contributed by atoms with Gasteiger partial charge in [-0.25, -0.2) is 14.1 Å². The van der Waals surface area contributed by atoms with Gasteiger partial charge in [-0.3, -0.25) is 14.9 Å². The number of amides is 4. The largest absolute Gasteiger partial charge is 0.493 e. The first kappa shape index (κ1) is 25.1. The van der Waals surface area contributed by atoms with E-state index in [1.165, 1.54) is 19.3 Å². The van der Waals surface area contributed by atoms with E-state index < -0.39 is 23.7 Å². The van der Waals surface area contributed by atoms with Gasteiger partial charge in [0.2, 0.25) is 0 Å². The minimum atomic E-state index is -0.818. The maximum atomic E-state index is 14.0. The molecule has 3 aromatic rings. The zero-order chi connectivity index (χ0) is 26.0. The van der Waals surface area contributed by atoms with Crippen molar-refractivity contribution in [3.8, 4) is 11.5 Å². The van der Waals surface area contributed by atoms with Crippen molar-refractivity contribution in [3.05, 3.63) is 92.7 Å². The van der Waals surface area contributed by atoms with Crippen molar-refractivity contribution >= 4 is 45.5 Å². The van der Waals surface area contributed by atoms with Crippen LogP contribution >= 0.6 is 15.9 Å². The SMILES string of the molecule is COc1cc(/C=C2\C(=O)NC(=O)N(c3ccc(C)c(C)c3)C2=O)cc(Br)c1OCc1ccccc1F. The molecule has 184 valence electrons. The molecule has 1 fully saturated rings. The molecule has 1 saturated heterocycles. The Morgan fingerprint density at radius 1 is 1.03 bits per heavy atom. The van der Waals surface area contributed by atoms with Crippen molar-refractivity contribution in [1.29, 1.82) is 0 Å². The number of nitrogens with zero attached hydrogens (tertiary/aromatic N) is 1. The van der Waals surface area contributed by atoms with Crippen LogP contribution in [-0.4, -0.2) is 25.0 Å². The van der Waals surface area contributed by atoms with Crippen LogP contribution in [0.15, 0.2) is 64.6 Å². The van der Waals surface area contributed by atoms with E-state index in [0.717, 1.165) is 16.0 Å². The highest BCUT2D eigenvalue weighted by molar-refractivity contribution is 9.10. The number of carbonyl (C=O) groups excluding carboxylic acids is 3. The number of methoxy groups -OCH3 is 1. The number of carbonyl (C=O) groups is 3. The molecule has 7 nitrogen and oxygen atoms in total. The van der Waals surface area contributed by atoms with E-state index in [2.05, 4.69) is 21.2 Å². The molecule has 1 N–H and O–H groups in total. The Kier molecular flexibility index (Phi) is 7.21. The number of aryl methyl sites for hydroxylation is 2. The first-order chi connectivity index (χ1) is 17.2. The fraction of sp³-hybridized carbons (Fsp3) is 0.148. The molecule has 0 unspecified atom stereocenters. The number of hydrogen-bond donors (Lipinski definition) is 1. The van der Waals surface area contributed by atoms with Gasteiger partial charge < -0.3 is 9.47 Å². The fourth-order valence-corrected chi connectivity index (χ4v) is 4.23. The number of anilines is 1. The molecule has 0 aromatic heterocycles. The number of hydrogen-bond acceptors (Lipinski definition) is 5. The van der Waals surface area contributed by atoms with Crippen molar-refractivity contribution < 1.29 is 28.2 Å². The van der Waals surface area contributed by atoms with Gasteiger partial charge in [-0.1, -0.05) is 24.3 Å². The van der Waals surface area contributed by atoms with E-state index in [-0.39, 0.29) is 12.2 Å². The molecule has 9 heteroatoms. The molecule has 1 heterocycles. The first-order valence-corrected chi connectivity index (χ1v) is 11.7. The number of ether oxygens (including phenoxy) is 2. The second-order valence-electron chi connectivity index (χ2n) is 8.14. The van der Waals surface area contributed by atoms with Gasteiger partial charge in [-0.2, -0.15) is 0 Å². The van der Waals surface area contributed by atoms with Gasteiger partial charge in [0.05, 0.1) is 17.3 Å². The highest BCUT2D eigenvalue weighted by atomic mass is 79.9. The maximum Gasteiger partial charge on any atom is 0.335 e. The minimum Gasteiger partial charge on any atom is -0.493 e. The first-order valence-electron chi connectivity index (χ1n) is 10.9. The molecule has 4 amide bonds. The summed E-state index contributed by atoms with van der Waals surface area (Å²) in [5.41, 5.74) is 2.86. The summed E-state index contributed by atoms with van der Waals surface area (Å²) in [6, 6.07) is 13.8. The van der Waals surface area contributed by atoms with Crippen molar-refractivity contribution in [2.75, 3.05) is 12.0 Å². The van der Waals surface area contributed by atoms with Crippen molar-refractivity contribution in [2.24, 2.45) is 0 Å². The number of benzene rings is 3. The monoisotopic (exact) mass is 552 g/mol. The van der Waals surface area contributed by atoms with Crippen molar-refractivity contribution in [2.45, 2.75) is 20.5 Å². The number of nitrogens with one attached hydrogen (secondary N) is 1. The van der Waals surface area contributed by atoms with Crippen LogP contribution in [0.4, 0.5) is 14.9 Å². The third-order valence-electron chi connectivity index (χ3n) is 5.74. The average molecular weight is 553 g/mol. The smallest absolute Gasteiger partial charge is 0.335 e. The Balaban J connectivity index is 1.66. The predicted octanol–water partition coefficient (Wildman–Crippen LogP) is 5.46. The Bertz CT molecular complexity index is 1420. The Labute approximate surface area is 215 Å². The van der Waals surface area contributed by atoms with Gasteiger partial charge in [0.1, 0.15) is 18.0 Å². The summed E-state index contributed by atoms with van der Waals surface area (Å²) >= 11 is 3.42. The highest BCUT2D eigenvalue weighted by Gasteiger charge is 2.37. The summed E-state index contributed by atoms with van der Waals surface area (Å²) in [6.07, 6.45) is 1.37. The molecule has 36 heavy (non-hydrogen) atoms. The number of halogens is 2. The maximum absolute atomic E-state index is 14.0. The third-order valence-corrected chi connectivity index (χ3v) is 6.33. The van der Waals surface area contributed by atoms with E-state index in [1.807, 2.05) is 13.8 Å². The molecule has 0 saturated carbocycles. The van der Waals surface area contributed by atoms with Crippen LogP contribution in [0.25, 0.3) is 6.08 Å². The number of imide groups is 2. The van der Waals surface area contributed by atoms with E-state index in [1.54, 1.807) is 48.5 Å². The summed E-state index contributed by atoms with van der Waals surface area (Å²) in [7, 11) is 1.44. The molecule has 1 aliphatic heterocycles. The molecule has 4 rings (SSSR count). The van der Waals surface area contributed by atoms with E-state index >= 15 is 0 Å². The van der Waals surface area contributed by atoms with Crippen LogP contribution in [0.2, 0.25) is 0 Å². The van der Waals surface area contributed by atoms with Gasteiger partial charge in [-0.15, -0.1) is 0 Å². The van der Waals surface area contributed by atoms with Crippen LogP contribution in [-0.2, 0) is 16.2 Å². The summed E-state index contributed by atoms with van der Waals surface area (Å²) in [5, 5.41) is 2.22. The molecule has 0 atom stereocenters. The van der Waals surface area contributed by atoms with Gasteiger partial charge in [0.25, 0.3) is 11.8 Å². The quantitative estimate of drug-likeness (QED) is 0.324. The van der Waals surface area contributed by atoms with Crippen molar-refractivity contribution in [3.63, 3.8) is 0 Å². The molecular formula is C27H22BrFN2O5. The number of barbiturate groups is 1. The molecule has 3 aromatic carbocycles. The van der Waals surface area contributed by atoms with Crippen LogP contribution in [0.3, 0.4) is 0 Å². The van der Waals surface area contributed by atoms with E-state index in [4.69, 9.17) is 9.47 Å². The van der Waals surface area contributed by atoms with Crippen LogP contribution < -0.4 is 19.7 Å². The number of rotatable bonds is 6. The van der Waals surface area contributed by atoms with E-state index in [9.17, 15) is 18.8 Å². The average Bonchev–Trinajstić information content (AvgIpc) is 2.83. The molecule has 1 aliphatic rings. The zero-order valence-electron chi connectivity index (χ0n) is 19.7. The summed E-state index contributed by atoms with van der Waals surface area (Å²) in [6.45, 7) is 3.75. The Hall–Kier alpha value is -3.98. The lowest BCUT2D eigenvalue weighted by atomic mass is 10.0. The third kappa shape index (κ3) is 5.01. The van der Waals surface area contributed by atoms with Gasteiger partial charge in [-0.05, 0) is 82.9 Å². The van der Waals surface area contributed by atoms with Crippen LogP contribution in [0.1, 0.15) is 22.3 Å². The van der Waals surface area contributed by atoms with Crippen LogP contribution in [0.5, 0.6) is 11.5 Å². The van der Waals surface area contributed by atoms with Crippen molar-refractivity contribution in [1.82, 2.24) is 5.32 Å². The minimum absolute atomic E-state index is 0.0317. The standard InChI is InChI=1S/C27H22BrFN2O5/c1-15-8-9-19(10-16(15)2)31-26(33)20(25(32)30-27(31)34)11-17-12-21(28)24(23(13-17)35-3)36-14-18-6-4-5-7-22(18)29/h4-13H,14H2,1-3H3,(H,30,32,34)/b20-11+. The summed E-state index contributed by atoms with van der Waals surface area (Å²) < 4.78 is 25.7. The topological polar surface area (TPSA) is 84.9 Å². The summed E-state index contributed by atoms with van der Waals surface area (Å²) in [5.74, 6) is -1.31. The molecular weight excluding hydrogens is 531 g/mol. The Morgan fingerprint density at radius 2 is 1.78 bits per heavy atom.